The first-order valence-corrected chi connectivity index (χ1v) is 23.0. The monoisotopic (exact) mass is 896 g/mol. The average Bonchev–Trinajstić information content (AvgIpc) is 3.91. The van der Waals surface area contributed by atoms with Crippen LogP contribution in [0.3, 0.4) is 0 Å². The van der Waals surface area contributed by atoms with Crippen LogP contribution in [0.4, 0.5) is 26.3 Å². The molecule has 0 fully saturated rings. The zero-order valence-electron chi connectivity index (χ0n) is 32.9. The van der Waals surface area contributed by atoms with Gasteiger partial charge in [0.15, 0.2) is 0 Å². The van der Waals surface area contributed by atoms with Gasteiger partial charge < -0.3 is 10.2 Å². The van der Waals surface area contributed by atoms with E-state index in [4.69, 9.17) is 0 Å². The number of alkyl halides is 6. The number of aliphatic hydroxyl groups is 2. The van der Waals surface area contributed by atoms with Crippen LogP contribution in [-0.2, 0) is 22.0 Å². The van der Waals surface area contributed by atoms with Crippen LogP contribution in [-0.4, -0.2) is 28.0 Å². The Kier molecular flexibility index (Phi) is 10.3. The highest BCUT2D eigenvalue weighted by Gasteiger charge is 2.80. The van der Waals surface area contributed by atoms with Crippen molar-refractivity contribution in [2.24, 2.45) is 0 Å². The molecule has 0 aliphatic heterocycles. The molecular weight excluding hydrogens is 855 g/mol. The molecule has 0 amide bonds. The third-order valence-electron chi connectivity index (χ3n) is 9.71. The average molecular weight is 897 g/mol. The van der Waals surface area contributed by atoms with Crippen molar-refractivity contribution in [2.45, 2.75) is 109 Å². The van der Waals surface area contributed by atoms with Crippen molar-refractivity contribution in [1.29, 1.82) is 0 Å². The van der Waals surface area contributed by atoms with Crippen molar-refractivity contribution < 1.29 is 36.6 Å². The van der Waals surface area contributed by atoms with Crippen LogP contribution in [0.2, 0.25) is 0 Å². The van der Waals surface area contributed by atoms with Gasteiger partial charge in [0, 0.05) is 71.0 Å². The molecule has 2 nitrogen and oxygen atoms in total. The minimum atomic E-state index is -5.77. The molecule has 57 heavy (non-hydrogen) atoms. The summed E-state index contributed by atoms with van der Waals surface area (Å²) in [5.41, 5.74) is -6.65. The Labute approximate surface area is 352 Å². The summed E-state index contributed by atoms with van der Waals surface area (Å²) < 4.78 is 99.4. The molecule has 0 atom stereocenters. The first-order chi connectivity index (χ1) is 26.0. The predicted molar refractivity (Wildman–Crippen MR) is 231 cm³/mol. The lowest BCUT2D eigenvalue weighted by Gasteiger charge is -2.26. The van der Waals surface area contributed by atoms with Crippen molar-refractivity contribution in [3.05, 3.63) is 91.3 Å². The highest BCUT2D eigenvalue weighted by molar-refractivity contribution is 7.27. The maximum absolute atomic E-state index is 16.8. The molecule has 6 aromatic heterocycles. The standard InChI is InChI=1S/C43H42F6O2S6/c1-37(2,3)29-15-13-25(54-29)35-21(19-27(56-35)23-11-17-31(52-23)39(7,8)50)33-34(42(46,47)43(48,49)41(33,44)45)22-20-28(24-12-18-32(53-24)40(9,10)51)57-36(22)26-14-16-30(55-26)38(4,5)6/h11-20,50-51H,1-10H3. The molecule has 6 heterocycles. The first-order valence-electron chi connectivity index (χ1n) is 18.1. The van der Waals surface area contributed by atoms with Gasteiger partial charge in [0.25, 0.3) is 0 Å². The van der Waals surface area contributed by atoms with E-state index >= 15 is 26.3 Å². The van der Waals surface area contributed by atoms with Gasteiger partial charge in [0.2, 0.25) is 0 Å². The normalized spacial score (nSPS) is 17.3. The van der Waals surface area contributed by atoms with Gasteiger partial charge in [-0.3, -0.25) is 0 Å². The molecule has 0 spiro atoms. The zero-order chi connectivity index (χ0) is 42.1. The Balaban J connectivity index is 1.57. The molecule has 0 saturated carbocycles. The van der Waals surface area contributed by atoms with Gasteiger partial charge in [-0.25, -0.2) is 0 Å². The summed E-state index contributed by atoms with van der Waals surface area (Å²) >= 11 is 7.20. The van der Waals surface area contributed by atoms with Crippen LogP contribution in [0.1, 0.15) is 99.9 Å². The minimum Gasteiger partial charge on any atom is -0.385 e. The third kappa shape index (κ3) is 7.27. The van der Waals surface area contributed by atoms with E-state index < -0.39 is 40.1 Å². The van der Waals surface area contributed by atoms with Crippen LogP contribution in [0.5, 0.6) is 0 Å². The summed E-state index contributed by atoms with van der Waals surface area (Å²) in [4.78, 5) is 6.32. The molecule has 1 aliphatic rings. The Morgan fingerprint density at radius 1 is 0.404 bits per heavy atom. The number of rotatable bonds is 8. The van der Waals surface area contributed by atoms with Gasteiger partial charge >= 0.3 is 17.8 Å². The number of hydrogen-bond acceptors (Lipinski definition) is 8. The highest BCUT2D eigenvalue weighted by atomic mass is 32.1. The van der Waals surface area contributed by atoms with E-state index in [1.165, 1.54) is 57.5 Å². The smallest absolute Gasteiger partial charge is 0.380 e. The molecule has 0 saturated heterocycles. The third-order valence-corrected chi connectivity index (χ3v) is 18.6. The fourth-order valence-corrected chi connectivity index (χ4v) is 13.4. The van der Waals surface area contributed by atoms with Crippen molar-refractivity contribution in [1.82, 2.24) is 0 Å². The molecular formula is C43H42F6O2S6. The lowest BCUT2D eigenvalue weighted by molar-refractivity contribution is -0.254. The first kappa shape index (κ1) is 42.6. The summed E-state index contributed by atoms with van der Waals surface area (Å²) in [6.07, 6.45) is 0. The van der Waals surface area contributed by atoms with E-state index in [2.05, 4.69) is 0 Å². The molecule has 0 aromatic carbocycles. The fourth-order valence-electron chi connectivity index (χ4n) is 6.52. The van der Waals surface area contributed by atoms with Crippen molar-refractivity contribution in [2.75, 3.05) is 0 Å². The summed E-state index contributed by atoms with van der Waals surface area (Å²) in [7, 11) is 0. The van der Waals surface area contributed by atoms with Crippen LogP contribution < -0.4 is 0 Å². The Morgan fingerprint density at radius 3 is 0.982 bits per heavy atom. The van der Waals surface area contributed by atoms with E-state index in [1.54, 1.807) is 64.1 Å². The van der Waals surface area contributed by atoms with Gasteiger partial charge in [-0.05, 0) is 99.2 Å². The summed E-state index contributed by atoms with van der Waals surface area (Å²) in [5, 5.41) is 21.4. The second-order valence-electron chi connectivity index (χ2n) is 17.5. The molecule has 1 aliphatic carbocycles. The van der Waals surface area contributed by atoms with E-state index in [0.717, 1.165) is 32.4 Å². The second-order valence-corrected chi connectivity index (χ2v) is 23.9. The molecule has 304 valence electrons. The van der Waals surface area contributed by atoms with E-state index in [-0.39, 0.29) is 31.7 Å². The largest absolute Gasteiger partial charge is 0.385 e. The van der Waals surface area contributed by atoms with Crippen molar-refractivity contribution in [3.8, 4) is 39.0 Å². The molecule has 0 unspecified atom stereocenters. The quantitative estimate of drug-likeness (QED) is 0.149. The van der Waals surface area contributed by atoms with Crippen LogP contribution >= 0.6 is 68.0 Å². The van der Waals surface area contributed by atoms with E-state index in [0.29, 0.717) is 39.0 Å². The Bertz CT molecular complexity index is 2340. The van der Waals surface area contributed by atoms with Crippen molar-refractivity contribution in [3.63, 3.8) is 0 Å². The predicted octanol–water partition coefficient (Wildman–Crippen LogP) is 15.6. The van der Waals surface area contributed by atoms with Gasteiger partial charge in [-0.1, -0.05) is 41.5 Å². The maximum atomic E-state index is 16.8. The highest BCUT2D eigenvalue weighted by Crippen LogP contribution is 2.68. The lowest BCUT2D eigenvalue weighted by atomic mass is 9.93. The van der Waals surface area contributed by atoms with Gasteiger partial charge in [0.05, 0.1) is 21.0 Å². The topological polar surface area (TPSA) is 40.5 Å². The van der Waals surface area contributed by atoms with E-state index in [9.17, 15) is 10.2 Å². The van der Waals surface area contributed by atoms with Gasteiger partial charge in [0.1, 0.15) is 0 Å². The van der Waals surface area contributed by atoms with Crippen LogP contribution in [0, 0.1) is 0 Å². The number of thiophene rings is 6. The number of halogens is 6. The molecule has 7 rings (SSSR count). The van der Waals surface area contributed by atoms with Crippen molar-refractivity contribution >= 4 is 79.2 Å². The minimum absolute atomic E-state index is 0.181. The maximum Gasteiger partial charge on any atom is 0.380 e. The zero-order valence-corrected chi connectivity index (χ0v) is 37.8. The SMILES string of the molecule is CC(C)(C)c1ccc(-c2sc(-c3ccc(C(C)(C)O)s3)cc2C2=C(c3cc(-c4ccc(C(C)(C)O)s4)sc3-c3ccc(C(C)(C)C)s3)C(F)(F)C(F)(F)C2(F)F)s1. The summed E-state index contributed by atoms with van der Waals surface area (Å²) in [6.45, 7) is 18.4. The summed E-state index contributed by atoms with van der Waals surface area (Å²) in [6, 6.07) is 16.7. The summed E-state index contributed by atoms with van der Waals surface area (Å²) in [5.74, 6) is -16.3. The Hall–Kier alpha value is -2.56. The molecule has 2 N–H and O–H groups in total. The van der Waals surface area contributed by atoms with Crippen LogP contribution in [0.15, 0.2) is 60.7 Å². The number of allylic oxidation sites excluding steroid dienone is 2. The number of hydrogen-bond donors (Lipinski definition) is 2. The molecule has 14 heteroatoms. The lowest BCUT2D eigenvalue weighted by Crippen LogP contribution is -2.48. The van der Waals surface area contributed by atoms with Crippen LogP contribution in [0.25, 0.3) is 50.2 Å². The van der Waals surface area contributed by atoms with Gasteiger partial charge in [-0.2, -0.15) is 26.3 Å². The second kappa shape index (κ2) is 13.7. The fraction of sp³-hybridized carbons (Fsp3) is 0.395. The molecule has 6 aromatic rings. The van der Waals surface area contributed by atoms with Gasteiger partial charge in [-0.15, -0.1) is 68.0 Å². The molecule has 0 radical (unpaired) electrons. The van der Waals surface area contributed by atoms with E-state index in [1.807, 2.05) is 53.7 Å². The Morgan fingerprint density at radius 2 is 0.702 bits per heavy atom. The molecule has 0 bridgehead atoms.